The van der Waals surface area contributed by atoms with Crippen LogP contribution in [0, 0.1) is 0 Å². The number of anilines is 9. The van der Waals surface area contributed by atoms with Crippen LogP contribution in [0.5, 0.6) is 0 Å². The molecule has 0 aliphatic rings. The summed E-state index contributed by atoms with van der Waals surface area (Å²) in [4.78, 5) is 7.14. The Bertz CT molecular complexity index is 3900. The van der Waals surface area contributed by atoms with Gasteiger partial charge in [0.15, 0.2) is 0 Å². The van der Waals surface area contributed by atoms with Gasteiger partial charge in [-0.1, -0.05) is 152 Å². The Morgan fingerprint density at radius 3 is 1.20 bits per heavy atom. The highest BCUT2D eigenvalue weighted by Gasteiger charge is 2.24. The van der Waals surface area contributed by atoms with Crippen LogP contribution in [0.1, 0.15) is 0 Å². The van der Waals surface area contributed by atoms with Crippen molar-refractivity contribution in [1.29, 1.82) is 0 Å². The number of hydrogen-bond donors (Lipinski definition) is 0. The van der Waals surface area contributed by atoms with Crippen LogP contribution in [0.2, 0.25) is 0 Å². The molecule has 0 aliphatic carbocycles. The van der Waals surface area contributed by atoms with Crippen LogP contribution < -0.4 is 14.7 Å². The van der Waals surface area contributed by atoms with Crippen LogP contribution in [0.15, 0.2) is 277 Å². The van der Waals surface area contributed by atoms with Crippen molar-refractivity contribution in [2.45, 2.75) is 0 Å². The van der Waals surface area contributed by atoms with Gasteiger partial charge >= 0.3 is 0 Å². The molecule has 2 heterocycles. The van der Waals surface area contributed by atoms with Crippen LogP contribution in [0.3, 0.4) is 0 Å². The van der Waals surface area contributed by atoms with Crippen molar-refractivity contribution in [3.63, 3.8) is 0 Å². The quantitative estimate of drug-likeness (QED) is 0.129. The maximum Gasteiger partial charge on any atom is 0.137 e. The molecule has 2 aromatic heterocycles. The molecular weight excluding hydrogens is 883 g/mol. The Morgan fingerprint density at radius 2 is 0.634 bits per heavy atom. The SMILES string of the molecule is c1ccc(-c2cccc(N(c3cccc(-c4ccccc4)c3)c3ccc4sc5ccc(N(c6ccc7c(c6)oc6ccccc67)c6ccccc6N(c6ccccc6)c6ccccc6)cc5c4c3)c2)cc1. The Morgan fingerprint density at radius 1 is 0.239 bits per heavy atom. The summed E-state index contributed by atoms with van der Waals surface area (Å²) in [5, 5.41) is 4.59. The van der Waals surface area contributed by atoms with Crippen molar-refractivity contribution in [1.82, 2.24) is 0 Å². The summed E-state index contributed by atoms with van der Waals surface area (Å²) in [7, 11) is 0. The molecule has 336 valence electrons. The molecular formula is C66H45N3OS. The maximum absolute atomic E-state index is 6.58. The number of furan rings is 1. The van der Waals surface area contributed by atoms with E-state index < -0.39 is 0 Å². The first-order valence-electron chi connectivity index (χ1n) is 24.0. The van der Waals surface area contributed by atoms with Crippen molar-refractivity contribution in [3.05, 3.63) is 273 Å². The predicted molar refractivity (Wildman–Crippen MR) is 302 cm³/mol. The number of hydrogen-bond acceptors (Lipinski definition) is 5. The number of para-hydroxylation sites is 5. The fourth-order valence-corrected chi connectivity index (χ4v) is 11.2. The Balaban J connectivity index is 1.01. The average molecular weight is 928 g/mol. The van der Waals surface area contributed by atoms with E-state index in [9.17, 15) is 0 Å². The third-order valence-electron chi connectivity index (χ3n) is 13.4. The second-order valence-electron chi connectivity index (χ2n) is 17.7. The standard InChI is InChI=1S/C66H45N3OS/c1-5-19-46(20-6-1)48-23-17-29-52(41-48)67(53-30-18-24-49(42-53)47-21-7-2-8-22-47)54-36-39-65-59(43-54)60-44-55(37-40-66(60)71-65)69(56-35-38-58-57-31-13-16-34-63(57)70-64(58)45-56)62-33-15-14-32-61(62)68(50-25-9-3-10-26-50)51-27-11-4-12-28-51/h1-45H. The molecule has 0 fully saturated rings. The summed E-state index contributed by atoms with van der Waals surface area (Å²) < 4.78 is 9.03. The minimum Gasteiger partial charge on any atom is -0.456 e. The highest BCUT2D eigenvalue weighted by molar-refractivity contribution is 7.25. The van der Waals surface area contributed by atoms with Gasteiger partial charge in [-0.15, -0.1) is 11.3 Å². The number of nitrogens with zero attached hydrogens (tertiary/aromatic N) is 3. The van der Waals surface area contributed by atoms with E-state index in [4.69, 9.17) is 4.42 Å². The van der Waals surface area contributed by atoms with Gasteiger partial charge in [-0.2, -0.15) is 0 Å². The summed E-state index contributed by atoms with van der Waals surface area (Å²) in [6, 6.07) is 97.9. The molecule has 0 bridgehead atoms. The Hall–Kier alpha value is -9.16. The van der Waals surface area contributed by atoms with E-state index in [0.717, 1.165) is 73.1 Å². The molecule has 0 N–H and O–H groups in total. The predicted octanol–water partition coefficient (Wildman–Crippen LogP) is 19.7. The zero-order valence-corrected chi connectivity index (χ0v) is 39.5. The van der Waals surface area contributed by atoms with Crippen LogP contribution in [0.25, 0.3) is 64.4 Å². The maximum atomic E-state index is 6.58. The summed E-state index contributed by atoms with van der Waals surface area (Å²) in [5.41, 5.74) is 15.9. The van der Waals surface area contributed by atoms with Crippen molar-refractivity contribution >= 4 is 105 Å². The lowest BCUT2D eigenvalue weighted by molar-refractivity contribution is 0.669. The van der Waals surface area contributed by atoms with Crippen molar-refractivity contribution in [2.75, 3.05) is 14.7 Å². The molecule has 0 radical (unpaired) electrons. The lowest BCUT2D eigenvalue weighted by atomic mass is 10.0. The van der Waals surface area contributed by atoms with Gasteiger partial charge in [0.05, 0.1) is 11.4 Å². The normalized spacial score (nSPS) is 11.4. The summed E-state index contributed by atoms with van der Waals surface area (Å²) in [6.45, 7) is 0. The monoisotopic (exact) mass is 927 g/mol. The summed E-state index contributed by atoms with van der Waals surface area (Å²) >= 11 is 1.83. The smallest absolute Gasteiger partial charge is 0.137 e. The number of benzene rings is 11. The molecule has 0 spiro atoms. The summed E-state index contributed by atoms with van der Waals surface area (Å²) in [5.74, 6) is 0. The highest BCUT2D eigenvalue weighted by Crippen LogP contribution is 2.49. The lowest BCUT2D eigenvalue weighted by Gasteiger charge is -2.33. The first-order chi connectivity index (χ1) is 35.2. The number of fused-ring (bicyclic) bond motifs is 6. The van der Waals surface area contributed by atoms with Crippen molar-refractivity contribution < 1.29 is 4.42 Å². The van der Waals surface area contributed by atoms with Gasteiger partial charge in [0, 0.05) is 76.8 Å². The highest BCUT2D eigenvalue weighted by atomic mass is 32.1. The van der Waals surface area contributed by atoms with E-state index in [0.29, 0.717) is 0 Å². The van der Waals surface area contributed by atoms with Crippen LogP contribution in [0.4, 0.5) is 51.2 Å². The minimum atomic E-state index is 0.841. The zero-order valence-electron chi connectivity index (χ0n) is 38.6. The molecule has 0 amide bonds. The van der Waals surface area contributed by atoms with E-state index in [2.05, 4.69) is 276 Å². The third-order valence-corrected chi connectivity index (χ3v) is 14.5. The molecule has 0 saturated carbocycles. The second-order valence-corrected chi connectivity index (χ2v) is 18.8. The third kappa shape index (κ3) is 7.85. The fourth-order valence-electron chi connectivity index (χ4n) is 10.1. The van der Waals surface area contributed by atoms with Gasteiger partial charge < -0.3 is 19.1 Å². The molecule has 5 heteroatoms. The molecule has 0 atom stereocenters. The topological polar surface area (TPSA) is 22.9 Å². The van der Waals surface area contributed by atoms with E-state index in [1.807, 2.05) is 23.5 Å². The van der Waals surface area contributed by atoms with Gasteiger partial charge in [0.1, 0.15) is 11.2 Å². The molecule has 0 saturated heterocycles. The minimum absolute atomic E-state index is 0.841. The van der Waals surface area contributed by atoms with Gasteiger partial charge in [-0.3, -0.25) is 0 Å². The van der Waals surface area contributed by atoms with Crippen LogP contribution >= 0.6 is 11.3 Å². The largest absolute Gasteiger partial charge is 0.456 e. The Kier molecular flexibility index (Phi) is 10.7. The number of thiophene rings is 1. The molecule has 0 unspecified atom stereocenters. The molecule has 13 rings (SSSR count). The first-order valence-corrected chi connectivity index (χ1v) is 24.8. The average Bonchev–Trinajstić information content (AvgIpc) is 4.00. The zero-order chi connectivity index (χ0) is 47.1. The first kappa shape index (κ1) is 42.0. The van der Waals surface area contributed by atoms with Crippen LogP contribution in [-0.2, 0) is 0 Å². The molecule has 11 aromatic carbocycles. The molecule has 4 nitrogen and oxygen atoms in total. The second kappa shape index (κ2) is 18.1. The van der Waals surface area contributed by atoms with Gasteiger partial charge in [0.25, 0.3) is 0 Å². The lowest BCUT2D eigenvalue weighted by Crippen LogP contribution is -2.16. The molecule has 71 heavy (non-hydrogen) atoms. The van der Waals surface area contributed by atoms with Gasteiger partial charge in [-0.05, 0) is 138 Å². The molecule has 0 aliphatic heterocycles. The van der Waals surface area contributed by atoms with Gasteiger partial charge in [-0.25, -0.2) is 0 Å². The van der Waals surface area contributed by atoms with Crippen LogP contribution in [-0.4, -0.2) is 0 Å². The fraction of sp³-hybridized carbons (Fsp3) is 0. The number of rotatable bonds is 11. The van der Waals surface area contributed by atoms with E-state index in [1.54, 1.807) is 0 Å². The van der Waals surface area contributed by atoms with E-state index in [1.165, 1.54) is 42.4 Å². The van der Waals surface area contributed by atoms with Gasteiger partial charge in [0.2, 0.25) is 0 Å². The summed E-state index contributed by atoms with van der Waals surface area (Å²) in [6.07, 6.45) is 0. The van der Waals surface area contributed by atoms with E-state index >= 15 is 0 Å². The van der Waals surface area contributed by atoms with Crippen molar-refractivity contribution in [3.8, 4) is 22.3 Å². The Labute approximate surface area is 416 Å². The van der Waals surface area contributed by atoms with E-state index in [-0.39, 0.29) is 0 Å². The molecule has 13 aromatic rings. The van der Waals surface area contributed by atoms with Crippen molar-refractivity contribution in [2.24, 2.45) is 0 Å².